The van der Waals surface area contributed by atoms with Gasteiger partial charge in [0.25, 0.3) is 0 Å². The Kier molecular flexibility index (Phi) is 3.94. The first-order chi connectivity index (χ1) is 11.4. The molecule has 0 aliphatic heterocycles. The van der Waals surface area contributed by atoms with E-state index >= 15 is 0 Å². The van der Waals surface area contributed by atoms with E-state index in [1.807, 2.05) is 42.3 Å². The molecule has 1 aromatic carbocycles. The van der Waals surface area contributed by atoms with E-state index in [9.17, 15) is 0 Å². The number of rotatable bonds is 3. The molecule has 0 radical (unpaired) electrons. The fourth-order valence-corrected chi connectivity index (χ4v) is 2.54. The summed E-state index contributed by atoms with van der Waals surface area (Å²) >= 11 is 0. The van der Waals surface area contributed by atoms with Gasteiger partial charge in [-0.15, -0.1) is 15.3 Å². The van der Waals surface area contributed by atoms with Crippen LogP contribution in [0.1, 0.15) is 37.7 Å². The first-order valence-electron chi connectivity index (χ1n) is 7.81. The van der Waals surface area contributed by atoms with Gasteiger partial charge in [0.2, 0.25) is 0 Å². The second-order valence-electron chi connectivity index (χ2n) is 6.90. The number of benzene rings is 1. The summed E-state index contributed by atoms with van der Waals surface area (Å²) in [5.41, 5.74) is 2.34. The summed E-state index contributed by atoms with van der Waals surface area (Å²) in [7, 11) is 1.98. The molecule has 0 aliphatic carbocycles. The first-order valence-corrected chi connectivity index (χ1v) is 7.81. The summed E-state index contributed by atoms with van der Waals surface area (Å²) in [5.74, 6) is 1.66. The number of hydrogen-bond donors (Lipinski definition) is 0. The Hall–Kier alpha value is -2.94. The molecule has 3 rings (SSSR count). The lowest BCUT2D eigenvalue weighted by Gasteiger charge is -2.20. The van der Waals surface area contributed by atoms with Crippen molar-refractivity contribution in [2.45, 2.75) is 32.7 Å². The van der Waals surface area contributed by atoms with Crippen LogP contribution in [0.15, 0.2) is 36.4 Å². The highest BCUT2D eigenvalue weighted by Gasteiger charge is 2.22. The van der Waals surface area contributed by atoms with Gasteiger partial charge in [-0.3, -0.25) is 0 Å². The van der Waals surface area contributed by atoms with Crippen molar-refractivity contribution in [1.82, 2.24) is 19.8 Å². The number of hydrogen-bond acceptors (Lipinski definition) is 5. The van der Waals surface area contributed by atoms with E-state index in [1.54, 1.807) is 10.6 Å². The van der Waals surface area contributed by atoms with E-state index in [0.717, 1.165) is 22.9 Å². The normalized spacial score (nSPS) is 11.5. The topological polar surface area (TPSA) is 70.1 Å². The van der Waals surface area contributed by atoms with Crippen LogP contribution in [0.4, 0.5) is 5.82 Å². The average Bonchev–Trinajstić information content (AvgIpc) is 2.98. The lowest BCUT2D eigenvalue weighted by Crippen LogP contribution is -2.21. The fraction of sp³-hybridized carbons (Fsp3) is 0.333. The molecule has 0 unspecified atom stereocenters. The summed E-state index contributed by atoms with van der Waals surface area (Å²) in [6.45, 7) is 6.94. The molecule has 122 valence electrons. The Morgan fingerprint density at radius 2 is 1.96 bits per heavy atom. The Bertz CT molecular complexity index is 913. The van der Waals surface area contributed by atoms with Crippen molar-refractivity contribution in [3.8, 4) is 6.07 Å². The molecule has 0 atom stereocenters. The molecule has 0 N–H and O–H groups in total. The molecule has 0 fully saturated rings. The predicted octanol–water partition coefficient (Wildman–Crippen LogP) is 2.93. The molecule has 2 aromatic heterocycles. The van der Waals surface area contributed by atoms with Crippen molar-refractivity contribution in [3.05, 3.63) is 53.3 Å². The van der Waals surface area contributed by atoms with Gasteiger partial charge in [0.1, 0.15) is 5.82 Å². The summed E-state index contributed by atoms with van der Waals surface area (Å²) in [5, 5.41) is 22.2. The zero-order valence-electron chi connectivity index (χ0n) is 14.4. The first kappa shape index (κ1) is 15.9. The summed E-state index contributed by atoms with van der Waals surface area (Å²) in [6, 6.07) is 13.6. The van der Waals surface area contributed by atoms with Gasteiger partial charge in [0.05, 0.1) is 11.6 Å². The lowest BCUT2D eigenvalue weighted by molar-refractivity contribution is 0.526. The number of fused-ring (bicyclic) bond motifs is 1. The largest absolute Gasteiger partial charge is 0.354 e. The van der Waals surface area contributed by atoms with Crippen molar-refractivity contribution >= 4 is 11.5 Å². The van der Waals surface area contributed by atoms with Gasteiger partial charge in [0, 0.05) is 19.0 Å². The molecular formula is C18H20N6. The minimum Gasteiger partial charge on any atom is -0.354 e. The Morgan fingerprint density at radius 3 is 2.67 bits per heavy atom. The van der Waals surface area contributed by atoms with Crippen molar-refractivity contribution in [1.29, 1.82) is 5.26 Å². The SMILES string of the molecule is CN(Cc1cccc(C#N)c1)c1ccc2nnc(C(C)(C)C)n2n1. The quantitative estimate of drug-likeness (QED) is 0.742. The van der Waals surface area contributed by atoms with Crippen molar-refractivity contribution in [2.75, 3.05) is 11.9 Å². The number of nitriles is 1. The molecule has 24 heavy (non-hydrogen) atoms. The monoisotopic (exact) mass is 320 g/mol. The van der Waals surface area contributed by atoms with Crippen LogP contribution < -0.4 is 4.90 Å². The Balaban J connectivity index is 1.92. The molecule has 2 heterocycles. The number of aromatic nitrogens is 4. The van der Waals surface area contributed by atoms with Gasteiger partial charge in [0.15, 0.2) is 11.5 Å². The molecule has 6 heteroatoms. The predicted molar refractivity (Wildman–Crippen MR) is 92.7 cm³/mol. The van der Waals surface area contributed by atoms with Crippen LogP contribution in [0.25, 0.3) is 5.65 Å². The zero-order chi connectivity index (χ0) is 17.3. The van der Waals surface area contributed by atoms with E-state index in [0.29, 0.717) is 12.1 Å². The smallest absolute Gasteiger partial charge is 0.178 e. The molecule has 6 nitrogen and oxygen atoms in total. The summed E-state index contributed by atoms with van der Waals surface area (Å²) < 4.78 is 1.80. The van der Waals surface area contributed by atoms with Crippen LogP contribution >= 0.6 is 0 Å². The lowest BCUT2D eigenvalue weighted by atomic mass is 9.96. The molecular weight excluding hydrogens is 300 g/mol. The van der Waals surface area contributed by atoms with E-state index in [2.05, 4.69) is 37.0 Å². The van der Waals surface area contributed by atoms with Gasteiger partial charge >= 0.3 is 0 Å². The second kappa shape index (κ2) is 5.93. The maximum absolute atomic E-state index is 9.02. The Morgan fingerprint density at radius 1 is 1.17 bits per heavy atom. The van der Waals surface area contributed by atoms with E-state index in [4.69, 9.17) is 10.4 Å². The molecule has 0 saturated heterocycles. The van der Waals surface area contributed by atoms with Gasteiger partial charge < -0.3 is 4.90 Å². The highest BCUT2D eigenvalue weighted by molar-refractivity contribution is 5.46. The van der Waals surface area contributed by atoms with Crippen LogP contribution in [0.3, 0.4) is 0 Å². The molecule has 0 saturated carbocycles. The highest BCUT2D eigenvalue weighted by atomic mass is 15.4. The third-order valence-corrected chi connectivity index (χ3v) is 3.79. The van der Waals surface area contributed by atoms with Crippen LogP contribution in [0.5, 0.6) is 0 Å². The van der Waals surface area contributed by atoms with Crippen LogP contribution in [0.2, 0.25) is 0 Å². The maximum atomic E-state index is 9.02. The van der Waals surface area contributed by atoms with Gasteiger partial charge in [-0.2, -0.15) is 9.78 Å². The van der Waals surface area contributed by atoms with E-state index in [-0.39, 0.29) is 5.41 Å². The minimum atomic E-state index is -0.134. The molecule has 0 aliphatic rings. The summed E-state index contributed by atoms with van der Waals surface area (Å²) in [6.07, 6.45) is 0. The number of anilines is 1. The van der Waals surface area contributed by atoms with Gasteiger partial charge in [-0.1, -0.05) is 32.9 Å². The third kappa shape index (κ3) is 3.06. The van der Waals surface area contributed by atoms with Crippen LogP contribution in [-0.4, -0.2) is 26.9 Å². The minimum absolute atomic E-state index is 0.134. The van der Waals surface area contributed by atoms with Crippen LogP contribution in [-0.2, 0) is 12.0 Å². The van der Waals surface area contributed by atoms with Crippen LogP contribution in [0, 0.1) is 11.3 Å². The summed E-state index contributed by atoms with van der Waals surface area (Å²) in [4.78, 5) is 2.04. The molecule has 3 aromatic rings. The van der Waals surface area contributed by atoms with Crippen molar-refractivity contribution < 1.29 is 0 Å². The van der Waals surface area contributed by atoms with Crippen molar-refractivity contribution in [3.63, 3.8) is 0 Å². The maximum Gasteiger partial charge on any atom is 0.178 e. The fourth-order valence-electron chi connectivity index (χ4n) is 2.54. The molecule has 0 amide bonds. The van der Waals surface area contributed by atoms with Gasteiger partial charge in [-0.05, 0) is 29.8 Å². The molecule has 0 bridgehead atoms. The second-order valence-corrected chi connectivity index (χ2v) is 6.90. The Labute approximate surface area is 141 Å². The average molecular weight is 320 g/mol. The standard InChI is InChI=1S/C18H20N6/c1-18(2,3)17-21-20-15-8-9-16(22-24(15)17)23(4)12-14-7-5-6-13(10-14)11-19/h5-10H,12H2,1-4H3. The van der Waals surface area contributed by atoms with Gasteiger partial charge in [-0.25, -0.2) is 0 Å². The van der Waals surface area contributed by atoms with E-state index < -0.39 is 0 Å². The van der Waals surface area contributed by atoms with E-state index in [1.165, 1.54) is 0 Å². The number of nitrogens with zero attached hydrogens (tertiary/aromatic N) is 6. The molecule has 0 spiro atoms. The zero-order valence-corrected chi connectivity index (χ0v) is 14.4. The third-order valence-electron chi connectivity index (χ3n) is 3.79. The highest BCUT2D eigenvalue weighted by Crippen LogP contribution is 2.21. The van der Waals surface area contributed by atoms with Crippen molar-refractivity contribution in [2.24, 2.45) is 0 Å².